The summed E-state index contributed by atoms with van der Waals surface area (Å²) in [5.74, 6) is 2.63. The standard InChI is InChI=1S/C22H30N4O2/c1-23-22(26-13-17-18(14-26)20-8-7-19(17)28-20)24-11-15-4-2-5-16(10-15)12-25-9-3-6-21(25)27/h2,4-5,10,17-20H,3,6-9,11-14H2,1H3,(H,23,24). The summed E-state index contributed by atoms with van der Waals surface area (Å²) in [6, 6.07) is 8.55. The van der Waals surface area contributed by atoms with Crippen LogP contribution in [0.5, 0.6) is 0 Å². The molecule has 0 saturated carbocycles. The average Bonchev–Trinajstić information content (AvgIpc) is 3.46. The van der Waals surface area contributed by atoms with E-state index in [0.717, 1.165) is 45.1 Å². The molecule has 4 aliphatic rings. The van der Waals surface area contributed by atoms with Crippen LogP contribution in [0.4, 0.5) is 0 Å². The van der Waals surface area contributed by atoms with Crippen LogP contribution in [-0.2, 0) is 22.6 Å². The van der Waals surface area contributed by atoms with Crippen molar-refractivity contribution >= 4 is 11.9 Å². The Hall–Kier alpha value is -2.08. The third-order valence-electron chi connectivity index (χ3n) is 6.95. The number of fused-ring (bicyclic) bond motifs is 5. The van der Waals surface area contributed by atoms with Crippen LogP contribution in [0.1, 0.15) is 36.8 Å². The average molecular weight is 383 g/mol. The molecule has 0 spiro atoms. The molecule has 1 aromatic rings. The van der Waals surface area contributed by atoms with Crippen LogP contribution >= 0.6 is 0 Å². The summed E-state index contributed by atoms with van der Waals surface area (Å²) in [5.41, 5.74) is 2.43. The number of carbonyl (C=O) groups excluding carboxylic acids is 1. The van der Waals surface area contributed by atoms with Crippen molar-refractivity contribution in [2.75, 3.05) is 26.7 Å². The molecule has 4 unspecified atom stereocenters. The quantitative estimate of drug-likeness (QED) is 0.639. The molecule has 0 aromatic heterocycles. The van der Waals surface area contributed by atoms with Gasteiger partial charge in [0.05, 0.1) is 12.2 Å². The summed E-state index contributed by atoms with van der Waals surface area (Å²) < 4.78 is 6.09. The normalized spacial score (nSPS) is 31.8. The van der Waals surface area contributed by atoms with Crippen molar-refractivity contribution in [3.05, 3.63) is 35.4 Å². The van der Waals surface area contributed by atoms with Gasteiger partial charge in [0, 0.05) is 58.0 Å². The highest BCUT2D eigenvalue weighted by Gasteiger charge is 2.53. The van der Waals surface area contributed by atoms with Crippen molar-refractivity contribution in [2.45, 2.75) is 51.0 Å². The zero-order valence-corrected chi connectivity index (χ0v) is 16.6. The minimum Gasteiger partial charge on any atom is -0.374 e. The Bertz CT molecular complexity index is 762. The second-order valence-corrected chi connectivity index (χ2v) is 8.66. The van der Waals surface area contributed by atoms with E-state index in [9.17, 15) is 4.79 Å². The van der Waals surface area contributed by atoms with Gasteiger partial charge in [0.15, 0.2) is 5.96 Å². The SMILES string of the molecule is CN=C(NCc1cccc(CN2CCCC2=O)c1)N1CC2C3CCC(O3)C2C1. The van der Waals surface area contributed by atoms with Crippen LogP contribution in [0, 0.1) is 11.8 Å². The summed E-state index contributed by atoms with van der Waals surface area (Å²) in [7, 11) is 1.87. The van der Waals surface area contributed by atoms with Crippen LogP contribution in [-0.4, -0.2) is 60.6 Å². The fourth-order valence-corrected chi connectivity index (χ4v) is 5.58. The first-order valence-corrected chi connectivity index (χ1v) is 10.7. The number of ether oxygens (including phenoxy) is 1. The predicted molar refractivity (Wildman–Crippen MR) is 108 cm³/mol. The number of guanidine groups is 1. The van der Waals surface area contributed by atoms with Crippen molar-refractivity contribution in [1.29, 1.82) is 0 Å². The highest BCUT2D eigenvalue weighted by Crippen LogP contribution is 2.47. The first-order valence-electron chi connectivity index (χ1n) is 10.7. The van der Waals surface area contributed by atoms with Crippen LogP contribution in [0.3, 0.4) is 0 Å². The maximum atomic E-state index is 11.9. The molecule has 4 aliphatic heterocycles. The number of hydrogen-bond donors (Lipinski definition) is 1. The summed E-state index contributed by atoms with van der Waals surface area (Å²) >= 11 is 0. The lowest BCUT2D eigenvalue weighted by Crippen LogP contribution is -2.41. The first kappa shape index (κ1) is 18.0. The number of rotatable bonds is 4. The number of amides is 1. The maximum Gasteiger partial charge on any atom is 0.222 e. The van der Waals surface area contributed by atoms with Gasteiger partial charge in [0.25, 0.3) is 0 Å². The Labute approximate surface area is 166 Å². The minimum atomic E-state index is 0.279. The minimum absolute atomic E-state index is 0.279. The summed E-state index contributed by atoms with van der Waals surface area (Å²) in [6.45, 7) is 4.48. The molecule has 1 aromatic carbocycles. The third-order valence-corrected chi connectivity index (χ3v) is 6.95. The fourth-order valence-electron chi connectivity index (χ4n) is 5.58. The van der Waals surface area contributed by atoms with E-state index in [1.54, 1.807) is 0 Å². The third kappa shape index (κ3) is 3.28. The predicted octanol–water partition coefficient (Wildman–Crippen LogP) is 1.99. The summed E-state index contributed by atoms with van der Waals surface area (Å²) in [4.78, 5) is 20.8. The molecule has 2 bridgehead atoms. The van der Waals surface area contributed by atoms with Crippen molar-refractivity contribution in [3.63, 3.8) is 0 Å². The lowest BCUT2D eigenvalue weighted by molar-refractivity contribution is -0.128. The molecule has 1 N–H and O–H groups in total. The number of nitrogens with one attached hydrogen (secondary N) is 1. The van der Waals surface area contributed by atoms with Gasteiger partial charge in [-0.25, -0.2) is 0 Å². The van der Waals surface area contributed by atoms with E-state index in [1.165, 1.54) is 24.0 Å². The van der Waals surface area contributed by atoms with Crippen molar-refractivity contribution in [3.8, 4) is 0 Å². The molecular formula is C22H30N4O2. The van der Waals surface area contributed by atoms with Crippen molar-refractivity contribution in [1.82, 2.24) is 15.1 Å². The van der Waals surface area contributed by atoms with Crippen LogP contribution in [0.25, 0.3) is 0 Å². The van der Waals surface area contributed by atoms with Gasteiger partial charge < -0.3 is 19.9 Å². The lowest BCUT2D eigenvalue weighted by atomic mass is 9.82. The Morgan fingerprint density at radius 3 is 2.64 bits per heavy atom. The number of likely N-dealkylation sites (tertiary alicyclic amines) is 2. The molecular weight excluding hydrogens is 352 g/mol. The molecule has 6 heteroatoms. The van der Waals surface area contributed by atoms with Crippen LogP contribution in [0.15, 0.2) is 29.3 Å². The summed E-state index contributed by atoms with van der Waals surface area (Å²) in [6.07, 6.45) is 5.10. The molecule has 0 radical (unpaired) electrons. The molecule has 28 heavy (non-hydrogen) atoms. The molecule has 4 heterocycles. The topological polar surface area (TPSA) is 57.2 Å². The van der Waals surface area contributed by atoms with Crippen molar-refractivity contribution in [2.24, 2.45) is 16.8 Å². The van der Waals surface area contributed by atoms with Gasteiger partial charge in [-0.05, 0) is 30.4 Å². The van der Waals surface area contributed by atoms with E-state index < -0.39 is 0 Å². The van der Waals surface area contributed by atoms with Crippen LogP contribution < -0.4 is 5.32 Å². The fraction of sp³-hybridized carbons (Fsp3) is 0.636. The summed E-state index contributed by atoms with van der Waals surface area (Å²) in [5, 5.41) is 3.55. The first-order chi connectivity index (χ1) is 13.7. The Morgan fingerprint density at radius 1 is 1.21 bits per heavy atom. The van der Waals surface area contributed by atoms with Gasteiger partial charge in [-0.2, -0.15) is 0 Å². The highest BCUT2D eigenvalue weighted by molar-refractivity contribution is 5.80. The number of hydrogen-bond acceptors (Lipinski definition) is 3. The molecule has 5 rings (SSSR count). The maximum absolute atomic E-state index is 11.9. The Kier molecular flexibility index (Phi) is 4.75. The Morgan fingerprint density at radius 2 is 1.96 bits per heavy atom. The van der Waals surface area contributed by atoms with E-state index in [4.69, 9.17) is 4.74 Å². The van der Waals surface area contributed by atoms with E-state index >= 15 is 0 Å². The van der Waals surface area contributed by atoms with Gasteiger partial charge in [-0.1, -0.05) is 24.3 Å². The number of benzene rings is 1. The monoisotopic (exact) mass is 382 g/mol. The lowest BCUT2D eigenvalue weighted by Gasteiger charge is -2.23. The van der Waals surface area contributed by atoms with E-state index in [1.807, 2.05) is 11.9 Å². The highest BCUT2D eigenvalue weighted by atomic mass is 16.5. The van der Waals surface area contributed by atoms with Crippen LogP contribution in [0.2, 0.25) is 0 Å². The van der Waals surface area contributed by atoms with Gasteiger partial charge in [0.2, 0.25) is 5.91 Å². The Balaban J connectivity index is 1.19. The number of carbonyl (C=O) groups is 1. The molecule has 150 valence electrons. The number of nitrogens with zero attached hydrogens (tertiary/aromatic N) is 3. The molecule has 0 aliphatic carbocycles. The van der Waals surface area contributed by atoms with E-state index in [0.29, 0.717) is 30.5 Å². The van der Waals surface area contributed by atoms with Crippen molar-refractivity contribution < 1.29 is 9.53 Å². The van der Waals surface area contributed by atoms with E-state index in [2.05, 4.69) is 39.5 Å². The molecule has 6 nitrogen and oxygen atoms in total. The second kappa shape index (κ2) is 7.39. The smallest absolute Gasteiger partial charge is 0.222 e. The van der Waals surface area contributed by atoms with Gasteiger partial charge >= 0.3 is 0 Å². The van der Waals surface area contributed by atoms with Gasteiger partial charge in [-0.3, -0.25) is 9.79 Å². The van der Waals surface area contributed by atoms with E-state index in [-0.39, 0.29) is 5.91 Å². The second-order valence-electron chi connectivity index (χ2n) is 8.66. The van der Waals surface area contributed by atoms with Gasteiger partial charge in [-0.15, -0.1) is 0 Å². The molecule has 4 fully saturated rings. The number of aliphatic imine (C=N–C) groups is 1. The molecule has 1 amide bonds. The molecule has 4 atom stereocenters. The zero-order chi connectivity index (χ0) is 19.1. The van der Waals surface area contributed by atoms with Gasteiger partial charge in [0.1, 0.15) is 0 Å². The largest absolute Gasteiger partial charge is 0.374 e. The zero-order valence-electron chi connectivity index (χ0n) is 16.6. The molecule has 4 saturated heterocycles.